The van der Waals surface area contributed by atoms with Crippen LogP contribution in [0.4, 0.5) is 0 Å². The number of carbonyl (C=O) groups excluding carboxylic acids is 1. The molecule has 0 aromatic carbocycles. The van der Waals surface area contributed by atoms with Crippen molar-refractivity contribution < 1.29 is 14.3 Å². The molecule has 1 fully saturated rings. The third-order valence-electron chi connectivity index (χ3n) is 2.43. The Bertz CT molecular complexity index is 198. The molecule has 5 nitrogen and oxygen atoms in total. The Kier molecular flexibility index (Phi) is 4.31. The van der Waals surface area contributed by atoms with Crippen LogP contribution in [0.3, 0.4) is 0 Å². The number of hydrogen-bond donors (Lipinski definition) is 1. The first kappa shape index (κ1) is 11.4. The van der Waals surface area contributed by atoms with Crippen LogP contribution in [0.1, 0.15) is 6.92 Å². The second-order valence-corrected chi connectivity index (χ2v) is 3.27. The number of hydrogen-bond acceptors (Lipinski definition) is 4. The molecule has 2 atom stereocenters. The molecule has 0 saturated carbocycles. The summed E-state index contributed by atoms with van der Waals surface area (Å²) in [6, 6.07) is 0. The van der Waals surface area contributed by atoms with E-state index in [0.717, 1.165) is 0 Å². The van der Waals surface area contributed by atoms with E-state index in [9.17, 15) is 4.79 Å². The summed E-state index contributed by atoms with van der Waals surface area (Å²) in [6.07, 6.45) is -0.0362. The van der Waals surface area contributed by atoms with Gasteiger partial charge in [0.2, 0.25) is 5.91 Å². The molecule has 0 aromatic heterocycles. The van der Waals surface area contributed by atoms with Crippen molar-refractivity contribution in [1.82, 2.24) is 4.90 Å². The number of methoxy groups -OCH3 is 1. The van der Waals surface area contributed by atoms with Crippen molar-refractivity contribution in [2.75, 3.05) is 33.4 Å². The van der Waals surface area contributed by atoms with Crippen LogP contribution in [0.5, 0.6) is 0 Å². The predicted molar refractivity (Wildman–Crippen MR) is 51.8 cm³/mol. The summed E-state index contributed by atoms with van der Waals surface area (Å²) in [4.78, 5) is 13.0. The molecular formula is C9H18N2O3. The lowest BCUT2D eigenvalue weighted by atomic mass is 10.2. The Morgan fingerprint density at radius 2 is 2.14 bits per heavy atom. The van der Waals surface area contributed by atoms with Gasteiger partial charge in [-0.25, -0.2) is 0 Å². The third-order valence-corrected chi connectivity index (χ3v) is 2.43. The molecule has 1 aliphatic heterocycles. The maximum atomic E-state index is 11.3. The number of amides is 1. The van der Waals surface area contributed by atoms with Crippen LogP contribution >= 0.6 is 0 Å². The Morgan fingerprint density at radius 1 is 1.50 bits per heavy atom. The molecule has 82 valence electrons. The summed E-state index contributed by atoms with van der Waals surface area (Å²) in [7, 11) is 1.63. The molecule has 5 heteroatoms. The van der Waals surface area contributed by atoms with Crippen LogP contribution in [0.25, 0.3) is 0 Å². The number of nitrogens with two attached hydrogens (primary N) is 1. The lowest BCUT2D eigenvalue weighted by molar-refractivity contribution is -0.129. The van der Waals surface area contributed by atoms with Crippen LogP contribution in [0.15, 0.2) is 0 Å². The topological polar surface area (TPSA) is 64.8 Å². The van der Waals surface area contributed by atoms with E-state index < -0.39 is 0 Å². The van der Waals surface area contributed by atoms with Crippen molar-refractivity contribution in [3.8, 4) is 0 Å². The molecule has 2 N–H and O–H groups in total. The summed E-state index contributed by atoms with van der Waals surface area (Å²) < 4.78 is 10.7. The van der Waals surface area contributed by atoms with Gasteiger partial charge in [0.05, 0.1) is 6.54 Å². The minimum Gasteiger partial charge on any atom is -0.377 e. The molecule has 1 aliphatic rings. The van der Waals surface area contributed by atoms with Gasteiger partial charge in [-0.3, -0.25) is 4.79 Å². The summed E-state index contributed by atoms with van der Waals surface area (Å²) in [5.74, 6) is -0.0470. The van der Waals surface area contributed by atoms with Crippen molar-refractivity contribution in [3.63, 3.8) is 0 Å². The molecule has 0 spiro atoms. The zero-order chi connectivity index (χ0) is 10.6. The van der Waals surface area contributed by atoms with Crippen molar-refractivity contribution in [2.24, 2.45) is 5.73 Å². The summed E-state index contributed by atoms with van der Waals surface area (Å²) in [5.41, 5.74) is 5.29. The fourth-order valence-electron chi connectivity index (χ4n) is 1.68. The molecule has 1 rings (SSSR count). The molecule has 0 unspecified atom stereocenters. The van der Waals surface area contributed by atoms with Gasteiger partial charge in [0.25, 0.3) is 0 Å². The van der Waals surface area contributed by atoms with E-state index in [1.807, 2.05) is 6.92 Å². The number of ether oxygens (including phenoxy) is 2. The molecule has 0 bridgehead atoms. The molecule has 1 saturated heterocycles. The van der Waals surface area contributed by atoms with E-state index in [0.29, 0.717) is 19.7 Å². The zero-order valence-electron chi connectivity index (χ0n) is 8.73. The van der Waals surface area contributed by atoms with Gasteiger partial charge in [0.15, 0.2) is 0 Å². The number of likely N-dealkylation sites (tertiary alicyclic amines) is 1. The number of nitrogens with zero attached hydrogens (tertiary/aromatic N) is 1. The smallest absolute Gasteiger partial charge is 0.236 e. The summed E-state index contributed by atoms with van der Waals surface area (Å²) in [6.45, 7) is 3.78. The van der Waals surface area contributed by atoms with Gasteiger partial charge in [-0.05, 0) is 6.92 Å². The maximum Gasteiger partial charge on any atom is 0.236 e. The van der Waals surface area contributed by atoms with Gasteiger partial charge in [0.1, 0.15) is 12.2 Å². The minimum absolute atomic E-state index is 0.0134. The molecule has 14 heavy (non-hydrogen) atoms. The maximum absolute atomic E-state index is 11.3. The van der Waals surface area contributed by atoms with E-state index in [-0.39, 0.29) is 24.7 Å². The first-order valence-electron chi connectivity index (χ1n) is 4.85. The first-order chi connectivity index (χ1) is 6.72. The summed E-state index contributed by atoms with van der Waals surface area (Å²) >= 11 is 0. The van der Waals surface area contributed by atoms with Crippen LogP contribution in [-0.2, 0) is 14.3 Å². The molecule has 0 radical (unpaired) electrons. The molecular weight excluding hydrogens is 184 g/mol. The minimum atomic E-state index is -0.0470. The van der Waals surface area contributed by atoms with Gasteiger partial charge in [-0.2, -0.15) is 0 Å². The van der Waals surface area contributed by atoms with E-state index in [4.69, 9.17) is 15.2 Å². The normalized spacial score (nSPS) is 26.9. The monoisotopic (exact) mass is 202 g/mol. The highest BCUT2D eigenvalue weighted by Gasteiger charge is 2.35. The fourth-order valence-corrected chi connectivity index (χ4v) is 1.68. The lowest BCUT2D eigenvalue weighted by Crippen LogP contribution is -2.35. The highest BCUT2D eigenvalue weighted by molar-refractivity contribution is 5.78. The fraction of sp³-hybridized carbons (Fsp3) is 0.889. The molecule has 1 amide bonds. The highest BCUT2D eigenvalue weighted by atomic mass is 16.5. The molecule has 1 heterocycles. The number of rotatable bonds is 4. The van der Waals surface area contributed by atoms with Crippen LogP contribution in [0.2, 0.25) is 0 Å². The van der Waals surface area contributed by atoms with Crippen molar-refractivity contribution in [2.45, 2.75) is 19.1 Å². The van der Waals surface area contributed by atoms with Crippen LogP contribution in [-0.4, -0.2) is 56.4 Å². The Hall–Kier alpha value is -0.650. The second-order valence-electron chi connectivity index (χ2n) is 3.27. The molecule has 0 aliphatic carbocycles. The van der Waals surface area contributed by atoms with E-state index >= 15 is 0 Å². The third kappa shape index (κ3) is 2.43. The van der Waals surface area contributed by atoms with Crippen LogP contribution in [0, 0.1) is 0 Å². The van der Waals surface area contributed by atoms with Gasteiger partial charge >= 0.3 is 0 Å². The Labute approximate surface area is 84.1 Å². The standard InChI is InChI=1S/C9H18N2O3/c1-3-14-8-6-11(9(12)4-10)5-7(8)13-2/h7-8H,3-6,10H2,1-2H3/t7-,8-/m0/s1. The van der Waals surface area contributed by atoms with E-state index in [1.54, 1.807) is 12.0 Å². The Morgan fingerprint density at radius 3 is 2.64 bits per heavy atom. The van der Waals surface area contributed by atoms with E-state index in [2.05, 4.69) is 0 Å². The average molecular weight is 202 g/mol. The van der Waals surface area contributed by atoms with Crippen molar-refractivity contribution in [1.29, 1.82) is 0 Å². The van der Waals surface area contributed by atoms with E-state index in [1.165, 1.54) is 0 Å². The van der Waals surface area contributed by atoms with Crippen molar-refractivity contribution >= 4 is 5.91 Å². The average Bonchev–Trinajstić information content (AvgIpc) is 2.60. The van der Waals surface area contributed by atoms with Gasteiger partial charge in [0, 0.05) is 26.8 Å². The Balaban J connectivity index is 2.51. The van der Waals surface area contributed by atoms with Gasteiger partial charge in [-0.1, -0.05) is 0 Å². The quantitative estimate of drug-likeness (QED) is 0.648. The van der Waals surface area contributed by atoms with Crippen LogP contribution < -0.4 is 5.73 Å². The number of carbonyl (C=O) groups is 1. The zero-order valence-corrected chi connectivity index (χ0v) is 8.73. The molecule has 0 aromatic rings. The SMILES string of the molecule is CCO[C@H]1CN(C(=O)CN)C[C@@H]1OC. The summed E-state index contributed by atoms with van der Waals surface area (Å²) in [5, 5.41) is 0. The van der Waals surface area contributed by atoms with Gasteiger partial charge in [-0.15, -0.1) is 0 Å². The predicted octanol–water partition coefficient (Wildman–Crippen LogP) is -0.793. The largest absolute Gasteiger partial charge is 0.377 e. The second kappa shape index (κ2) is 5.29. The lowest BCUT2D eigenvalue weighted by Gasteiger charge is -2.15. The highest BCUT2D eigenvalue weighted by Crippen LogP contribution is 2.15. The van der Waals surface area contributed by atoms with Gasteiger partial charge < -0.3 is 20.1 Å². The van der Waals surface area contributed by atoms with Crippen molar-refractivity contribution in [3.05, 3.63) is 0 Å². The first-order valence-corrected chi connectivity index (χ1v) is 4.85.